The molecule has 1 amide bonds. The monoisotopic (exact) mass is 349 g/mol. The number of hydrogen-bond acceptors (Lipinski definition) is 6. The van der Waals surface area contributed by atoms with E-state index >= 15 is 0 Å². The van der Waals surface area contributed by atoms with Gasteiger partial charge in [0.15, 0.2) is 0 Å². The first-order valence-electron chi connectivity index (χ1n) is 7.47. The highest BCUT2D eigenvalue weighted by Gasteiger charge is 2.13. The number of nitrogens with one attached hydrogen (secondary N) is 1. The molecule has 25 heavy (non-hydrogen) atoms. The number of nitrogens with zero attached hydrogens (tertiary/aromatic N) is 4. The number of pyridine rings is 1. The van der Waals surface area contributed by atoms with Crippen molar-refractivity contribution in [2.24, 2.45) is 9.98 Å². The van der Waals surface area contributed by atoms with Crippen LogP contribution in [0.1, 0.15) is 22.2 Å². The number of allylic oxidation sites excluding steroid dienone is 3. The van der Waals surface area contributed by atoms with E-state index < -0.39 is 0 Å². The van der Waals surface area contributed by atoms with Crippen LogP contribution in [0, 0.1) is 0 Å². The van der Waals surface area contributed by atoms with Crippen molar-refractivity contribution >= 4 is 34.9 Å². The molecular formula is C18H15N5OS. The normalized spacial score (nSPS) is 16.0. The molecule has 0 aromatic carbocycles. The molecule has 6 nitrogen and oxygen atoms in total. The molecule has 0 unspecified atom stereocenters. The second-order valence-electron chi connectivity index (χ2n) is 5.04. The third-order valence-electron chi connectivity index (χ3n) is 3.35. The molecule has 0 saturated heterocycles. The van der Waals surface area contributed by atoms with E-state index in [2.05, 4.69) is 31.8 Å². The minimum Gasteiger partial charge on any atom is -0.306 e. The molecule has 0 bridgehead atoms. The van der Waals surface area contributed by atoms with Gasteiger partial charge in [-0.3, -0.25) is 14.8 Å². The van der Waals surface area contributed by atoms with Gasteiger partial charge in [0.1, 0.15) is 5.82 Å². The minimum absolute atomic E-state index is 0.258. The predicted molar refractivity (Wildman–Crippen MR) is 101 cm³/mol. The van der Waals surface area contributed by atoms with Crippen molar-refractivity contribution in [1.82, 2.24) is 15.3 Å². The van der Waals surface area contributed by atoms with Gasteiger partial charge in [0.05, 0.1) is 21.8 Å². The highest BCUT2D eigenvalue weighted by Crippen LogP contribution is 2.21. The summed E-state index contributed by atoms with van der Waals surface area (Å²) in [5.74, 6) is 0.152. The summed E-state index contributed by atoms with van der Waals surface area (Å²) in [6, 6.07) is 3.27. The average Bonchev–Trinajstić information content (AvgIpc) is 3.17. The summed E-state index contributed by atoms with van der Waals surface area (Å²) in [5, 5.41) is 2.76. The average molecular weight is 349 g/mol. The Morgan fingerprint density at radius 3 is 2.80 bits per heavy atom. The molecular weight excluding hydrogens is 334 g/mol. The first-order valence-corrected chi connectivity index (χ1v) is 8.35. The van der Waals surface area contributed by atoms with Crippen LogP contribution in [0.4, 0.5) is 0 Å². The zero-order valence-corrected chi connectivity index (χ0v) is 14.3. The molecule has 3 heterocycles. The van der Waals surface area contributed by atoms with E-state index in [9.17, 15) is 4.79 Å². The van der Waals surface area contributed by atoms with Gasteiger partial charge >= 0.3 is 0 Å². The van der Waals surface area contributed by atoms with E-state index in [1.54, 1.807) is 48.5 Å². The van der Waals surface area contributed by atoms with Crippen LogP contribution in [-0.2, 0) is 0 Å². The second-order valence-corrected chi connectivity index (χ2v) is 5.93. The molecule has 0 atom stereocenters. The van der Waals surface area contributed by atoms with Gasteiger partial charge in [0.2, 0.25) is 0 Å². The Morgan fingerprint density at radius 1 is 1.32 bits per heavy atom. The Bertz CT molecular complexity index is 908. The number of aromatic nitrogens is 2. The zero-order valence-electron chi connectivity index (χ0n) is 13.5. The zero-order chi connectivity index (χ0) is 17.6. The SMILES string of the molecule is C=C1C=NC(NC(=O)c2ccncc2)=C/C1=N/C(=C\C)c1cncs1. The third-order valence-corrected chi connectivity index (χ3v) is 4.14. The quantitative estimate of drug-likeness (QED) is 0.920. The number of hydrogen-bond donors (Lipinski definition) is 1. The highest BCUT2D eigenvalue weighted by molar-refractivity contribution is 7.10. The molecule has 1 aliphatic rings. The van der Waals surface area contributed by atoms with Gasteiger partial charge in [0, 0.05) is 42.0 Å². The molecule has 124 valence electrons. The lowest BCUT2D eigenvalue weighted by Gasteiger charge is -2.12. The van der Waals surface area contributed by atoms with Crippen molar-refractivity contribution in [2.75, 3.05) is 0 Å². The molecule has 0 fully saturated rings. The fourth-order valence-electron chi connectivity index (χ4n) is 2.07. The first-order chi connectivity index (χ1) is 12.2. The van der Waals surface area contributed by atoms with Crippen LogP contribution in [0.3, 0.4) is 0 Å². The third kappa shape index (κ3) is 4.02. The van der Waals surface area contributed by atoms with Crippen molar-refractivity contribution in [3.05, 3.63) is 76.8 Å². The van der Waals surface area contributed by atoms with E-state index in [0.717, 1.165) is 10.6 Å². The summed E-state index contributed by atoms with van der Waals surface area (Å²) in [6.07, 6.45) is 10.1. The molecule has 1 aliphatic heterocycles. The number of amides is 1. The van der Waals surface area contributed by atoms with Crippen LogP contribution in [0.2, 0.25) is 0 Å². The number of carbonyl (C=O) groups excluding carboxylic acids is 1. The maximum atomic E-state index is 12.2. The second kappa shape index (κ2) is 7.59. The van der Waals surface area contributed by atoms with Crippen LogP contribution in [0.5, 0.6) is 0 Å². The van der Waals surface area contributed by atoms with Crippen LogP contribution in [0.25, 0.3) is 5.70 Å². The van der Waals surface area contributed by atoms with E-state index in [-0.39, 0.29) is 5.91 Å². The van der Waals surface area contributed by atoms with Crippen molar-refractivity contribution in [2.45, 2.75) is 6.92 Å². The maximum absolute atomic E-state index is 12.2. The van der Waals surface area contributed by atoms with Crippen LogP contribution in [-0.4, -0.2) is 27.8 Å². The van der Waals surface area contributed by atoms with E-state index in [1.165, 1.54) is 11.3 Å². The lowest BCUT2D eigenvalue weighted by Crippen LogP contribution is -2.24. The van der Waals surface area contributed by atoms with Gasteiger partial charge in [-0.2, -0.15) is 0 Å². The van der Waals surface area contributed by atoms with Gasteiger partial charge < -0.3 is 5.32 Å². The van der Waals surface area contributed by atoms with Crippen LogP contribution in [0.15, 0.2) is 76.3 Å². The minimum atomic E-state index is -0.258. The molecule has 7 heteroatoms. The van der Waals surface area contributed by atoms with Crippen LogP contribution >= 0.6 is 11.3 Å². The van der Waals surface area contributed by atoms with Gasteiger partial charge in [-0.15, -0.1) is 11.3 Å². The Kier molecular flexibility index (Phi) is 5.06. The summed E-state index contributed by atoms with van der Waals surface area (Å²) < 4.78 is 0. The van der Waals surface area contributed by atoms with E-state index in [0.29, 0.717) is 22.7 Å². The van der Waals surface area contributed by atoms with Crippen molar-refractivity contribution < 1.29 is 4.79 Å². The van der Waals surface area contributed by atoms with Crippen molar-refractivity contribution in [1.29, 1.82) is 0 Å². The molecule has 2 aromatic rings. The smallest absolute Gasteiger partial charge is 0.256 e. The Morgan fingerprint density at radius 2 is 2.12 bits per heavy atom. The summed E-state index contributed by atoms with van der Waals surface area (Å²) in [4.78, 5) is 30.0. The van der Waals surface area contributed by atoms with Gasteiger partial charge in [-0.25, -0.2) is 9.98 Å². The summed E-state index contributed by atoms with van der Waals surface area (Å²) in [5.41, 5.74) is 4.37. The molecule has 2 aromatic heterocycles. The fraction of sp³-hybridized carbons (Fsp3) is 0.0556. The van der Waals surface area contributed by atoms with Gasteiger partial charge in [-0.1, -0.05) is 12.7 Å². The van der Waals surface area contributed by atoms with E-state index in [1.807, 2.05) is 13.0 Å². The molecule has 0 aliphatic carbocycles. The lowest BCUT2D eigenvalue weighted by molar-refractivity contribution is 0.0965. The summed E-state index contributed by atoms with van der Waals surface area (Å²) >= 11 is 1.51. The fourth-order valence-corrected chi connectivity index (χ4v) is 2.71. The Hall–Kier alpha value is -3.19. The standard InChI is InChI=1S/C18H15N5OS/c1-3-14(16-10-20-11-25-16)22-15-8-17(21-9-12(15)2)23-18(24)13-4-6-19-7-5-13/h3-11H,2H2,1H3,(H,23,24)/b14-3-,22-15-. The molecule has 0 spiro atoms. The Labute approximate surface area is 149 Å². The molecule has 3 rings (SSSR count). The first kappa shape index (κ1) is 16.7. The molecule has 0 radical (unpaired) electrons. The summed E-state index contributed by atoms with van der Waals surface area (Å²) in [6.45, 7) is 5.86. The van der Waals surface area contributed by atoms with Gasteiger partial charge in [0.25, 0.3) is 5.91 Å². The van der Waals surface area contributed by atoms with Crippen LogP contribution < -0.4 is 5.32 Å². The maximum Gasteiger partial charge on any atom is 0.256 e. The lowest BCUT2D eigenvalue weighted by atomic mass is 10.1. The number of rotatable bonds is 4. The van der Waals surface area contributed by atoms with Crippen molar-refractivity contribution in [3.8, 4) is 0 Å². The topological polar surface area (TPSA) is 79.6 Å². The molecule has 0 saturated carbocycles. The highest BCUT2D eigenvalue weighted by atomic mass is 32.1. The summed E-state index contributed by atoms with van der Waals surface area (Å²) in [7, 11) is 0. The number of thiazole rings is 1. The van der Waals surface area contributed by atoms with Gasteiger partial charge in [-0.05, 0) is 19.1 Å². The van der Waals surface area contributed by atoms with E-state index in [4.69, 9.17) is 0 Å². The molecule has 1 N–H and O–H groups in total. The predicted octanol–water partition coefficient (Wildman–Crippen LogP) is 3.25. The number of carbonyl (C=O) groups is 1. The largest absolute Gasteiger partial charge is 0.306 e. The van der Waals surface area contributed by atoms with Crippen molar-refractivity contribution in [3.63, 3.8) is 0 Å². The number of aliphatic imine (C=N–C) groups is 2. The Balaban J connectivity index is 1.83.